The van der Waals surface area contributed by atoms with Crippen LogP contribution >= 0.6 is 0 Å². The lowest BCUT2D eigenvalue weighted by molar-refractivity contribution is 0.268. The highest BCUT2D eigenvalue weighted by atomic mass is 32.2. The first kappa shape index (κ1) is 18.8. The van der Waals surface area contributed by atoms with E-state index in [0.717, 1.165) is 28.9 Å². The molecule has 146 valence electrons. The molecule has 0 bridgehead atoms. The van der Waals surface area contributed by atoms with Crippen molar-refractivity contribution < 1.29 is 8.42 Å². The van der Waals surface area contributed by atoms with Gasteiger partial charge in [-0.2, -0.15) is 5.10 Å². The third kappa shape index (κ3) is 3.47. The Bertz CT molecular complexity index is 1100. The van der Waals surface area contributed by atoms with Gasteiger partial charge in [-0.3, -0.25) is 4.98 Å². The molecule has 2 heterocycles. The number of fused-ring (bicyclic) bond motifs is 1. The molecular formula is C21H24N4O2S. The minimum atomic E-state index is -3.67. The number of hydrogen-bond donors (Lipinski definition) is 1. The van der Waals surface area contributed by atoms with Crippen LogP contribution in [0.3, 0.4) is 0 Å². The van der Waals surface area contributed by atoms with Gasteiger partial charge in [-0.15, -0.1) is 0 Å². The average Bonchev–Trinajstić information content (AvgIpc) is 3.05. The fraction of sp³-hybridized carbons (Fsp3) is 0.333. The van der Waals surface area contributed by atoms with E-state index in [0.29, 0.717) is 6.42 Å². The second kappa shape index (κ2) is 6.83. The van der Waals surface area contributed by atoms with Gasteiger partial charge in [0.25, 0.3) is 0 Å². The van der Waals surface area contributed by atoms with E-state index in [4.69, 9.17) is 0 Å². The van der Waals surface area contributed by atoms with E-state index in [1.165, 1.54) is 6.20 Å². The third-order valence-corrected chi connectivity index (χ3v) is 6.72. The van der Waals surface area contributed by atoms with Crippen LogP contribution in [-0.2, 0) is 16.4 Å². The SMILES string of the molecule is Cc1ccccc1-n1ncc2c1CC(C)(C)C[C@H]2NS(=O)(=O)c1cccnc1. The molecule has 0 fully saturated rings. The summed E-state index contributed by atoms with van der Waals surface area (Å²) in [7, 11) is -3.67. The van der Waals surface area contributed by atoms with Gasteiger partial charge in [0, 0.05) is 23.7 Å². The van der Waals surface area contributed by atoms with Gasteiger partial charge < -0.3 is 0 Å². The third-order valence-electron chi connectivity index (χ3n) is 5.27. The Morgan fingerprint density at radius 2 is 1.93 bits per heavy atom. The van der Waals surface area contributed by atoms with Crippen molar-refractivity contribution in [1.82, 2.24) is 19.5 Å². The summed E-state index contributed by atoms with van der Waals surface area (Å²) in [5, 5.41) is 4.62. The molecule has 0 saturated heterocycles. The molecule has 6 nitrogen and oxygen atoms in total. The van der Waals surface area contributed by atoms with Crippen LogP contribution in [-0.4, -0.2) is 23.2 Å². The number of para-hydroxylation sites is 1. The van der Waals surface area contributed by atoms with Crippen LogP contribution in [0.25, 0.3) is 5.69 Å². The molecule has 3 aromatic rings. The standard InChI is InChI=1S/C21H24N4O2S/c1-15-7-4-5-9-19(15)25-20-12-21(2,3)11-18(17(20)14-23-25)24-28(26,27)16-8-6-10-22-13-16/h4-10,13-14,18,24H,11-12H2,1-3H3/t18-/m1/s1. The molecule has 1 aliphatic rings. The Labute approximate surface area is 165 Å². The van der Waals surface area contributed by atoms with Crippen molar-refractivity contribution in [2.24, 2.45) is 5.41 Å². The lowest BCUT2D eigenvalue weighted by atomic mass is 9.74. The van der Waals surface area contributed by atoms with E-state index < -0.39 is 10.0 Å². The van der Waals surface area contributed by atoms with Crippen LogP contribution in [0.5, 0.6) is 0 Å². The number of aromatic nitrogens is 3. The monoisotopic (exact) mass is 396 g/mol. The highest BCUT2D eigenvalue weighted by Crippen LogP contribution is 2.42. The summed E-state index contributed by atoms with van der Waals surface area (Å²) in [4.78, 5) is 4.11. The van der Waals surface area contributed by atoms with Crippen molar-refractivity contribution in [3.63, 3.8) is 0 Å². The summed E-state index contributed by atoms with van der Waals surface area (Å²) in [5.41, 5.74) is 4.09. The zero-order valence-electron chi connectivity index (χ0n) is 16.3. The molecule has 0 spiro atoms. The van der Waals surface area contributed by atoms with Crippen molar-refractivity contribution >= 4 is 10.0 Å². The maximum absolute atomic E-state index is 12.9. The maximum Gasteiger partial charge on any atom is 0.242 e. The van der Waals surface area contributed by atoms with E-state index in [1.807, 2.05) is 22.9 Å². The molecule has 0 amide bonds. The zero-order chi connectivity index (χ0) is 19.9. The first-order chi connectivity index (χ1) is 13.3. The Morgan fingerprint density at radius 1 is 1.14 bits per heavy atom. The van der Waals surface area contributed by atoms with Crippen molar-refractivity contribution in [3.8, 4) is 5.69 Å². The molecule has 0 saturated carbocycles. The summed E-state index contributed by atoms with van der Waals surface area (Å²) in [6.45, 7) is 6.38. The van der Waals surface area contributed by atoms with Crippen molar-refractivity contribution in [1.29, 1.82) is 0 Å². The Hall–Kier alpha value is -2.51. The summed E-state index contributed by atoms with van der Waals surface area (Å²) >= 11 is 0. The molecule has 0 aliphatic heterocycles. The van der Waals surface area contributed by atoms with Crippen LogP contribution in [0.2, 0.25) is 0 Å². The van der Waals surface area contributed by atoms with Gasteiger partial charge in [0.2, 0.25) is 10.0 Å². The molecule has 0 unspecified atom stereocenters. The fourth-order valence-electron chi connectivity index (χ4n) is 3.92. The number of aryl methyl sites for hydroxylation is 1. The molecule has 2 aromatic heterocycles. The summed E-state index contributed by atoms with van der Waals surface area (Å²) in [5.74, 6) is 0. The minimum absolute atomic E-state index is 0.0599. The highest BCUT2D eigenvalue weighted by Gasteiger charge is 2.37. The number of nitrogens with zero attached hydrogens (tertiary/aromatic N) is 3. The van der Waals surface area contributed by atoms with Gasteiger partial charge in [0.1, 0.15) is 4.90 Å². The van der Waals surface area contributed by atoms with Crippen LogP contribution in [0.1, 0.15) is 43.1 Å². The van der Waals surface area contributed by atoms with E-state index in [1.54, 1.807) is 24.5 Å². The zero-order valence-corrected chi connectivity index (χ0v) is 17.1. The van der Waals surface area contributed by atoms with Gasteiger partial charge in [-0.25, -0.2) is 17.8 Å². The maximum atomic E-state index is 12.9. The number of hydrogen-bond acceptors (Lipinski definition) is 4. The predicted molar refractivity (Wildman–Crippen MR) is 108 cm³/mol. The van der Waals surface area contributed by atoms with E-state index in [-0.39, 0.29) is 16.4 Å². The summed E-state index contributed by atoms with van der Waals surface area (Å²) in [6.07, 6.45) is 6.27. The highest BCUT2D eigenvalue weighted by molar-refractivity contribution is 7.89. The fourth-order valence-corrected chi connectivity index (χ4v) is 5.10. The average molecular weight is 397 g/mol. The number of nitrogens with one attached hydrogen (secondary N) is 1. The first-order valence-corrected chi connectivity index (χ1v) is 10.8. The van der Waals surface area contributed by atoms with Gasteiger partial charge in [0.15, 0.2) is 0 Å². The molecule has 1 aliphatic carbocycles. The number of benzene rings is 1. The molecular weight excluding hydrogens is 372 g/mol. The molecule has 28 heavy (non-hydrogen) atoms. The Morgan fingerprint density at radius 3 is 2.64 bits per heavy atom. The normalized spacial score (nSPS) is 18.6. The second-order valence-corrected chi connectivity index (χ2v) is 9.87. The topological polar surface area (TPSA) is 76.9 Å². The molecule has 4 rings (SSSR count). The second-order valence-electron chi connectivity index (χ2n) is 8.15. The molecule has 0 radical (unpaired) electrons. The quantitative estimate of drug-likeness (QED) is 0.731. The Balaban J connectivity index is 1.76. The van der Waals surface area contributed by atoms with Crippen LogP contribution < -0.4 is 4.72 Å². The summed E-state index contributed by atoms with van der Waals surface area (Å²) in [6, 6.07) is 10.9. The predicted octanol–water partition coefficient (Wildman–Crippen LogP) is 3.57. The summed E-state index contributed by atoms with van der Waals surface area (Å²) < 4.78 is 30.6. The van der Waals surface area contributed by atoms with Crippen LogP contribution in [0, 0.1) is 12.3 Å². The van der Waals surface area contributed by atoms with Crippen LogP contribution in [0.4, 0.5) is 0 Å². The molecule has 1 aromatic carbocycles. The van der Waals surface area contributed by atoms with Crippen LogP contribution in [0.15, 0.2) is 59.9 Å². The Kier molecular flexibility index (Phi) is 4.59. The lowest BCUT2D eigenvalue weighted by Crippen LogP contribution is -2.36. The van der Waals surface area contributed by atoms with Crippen molar-refractivity contribution in [2.75, 3.05) is 0 Å². The lowest BCUT2D eigenvalue weighted by Gasteiger charge is -2.35. The molecule has 1 N–H and O–H groups in total. The van der Waals surface area contributed by atoms with Gasteiger partial charge in [0.05, 0.1) is 17.9 Å². The number of rotatable bonds is 4. The first-order valence-electron chi connectivity index (χ1n) is 9.32. The number of pyridine rings is 1. The van der Waals surface area contributed by atoms with E-state index in [2.05, 4.69) is 41.6 Å². The van der Waals surface area contributed by atoms with E-state index >= 15 is 0 Å². The molecule has 7 heteroatoms. The van der Waals surface area contributed by atoms with Crippen molar-refractivity contribution in [3.05, 3.63) is 71.8 Å². The van der Waals surface area contributed by atoms with Gasteiger partial charge in [-0.05, 0) is 48.9 Å². The minimum Gasteiger partial charge on any atom is -0.263 e. The van der Waals surface area contributed by atoms with Gasteiger partial charge in [-0.1, -0.05) is 32.0 Å². The smallest absolute Gasteiger partial charge is 0.242 e. The van der Waals surface area contributed by atoms with Gasteiger partial charge >= 0.3 is 0 Å². The number of sulfonamides is 1. The van der Waals surface area contributed by atoms with Crippen molar-refractivity contribution in [2.45, 2.75) is 44.6 Å². The largest absolute Gasteiger partial charge is 0.263 e. The molecule has 1 atom stereocenters. The van der Waals surface area contributed by atoms with E-state index in [9.17, 15) is 8.42 Å².